The Kier molecular flexibility index (Phi) is 4.47. The van der Waals surface area contributed by atoms with Gasteiger partial charge >= 0.3 is 0 Å². The predicted molar refractivity (Wildman–Crippen MR) is 117 cm³/mol. The van der Waals surface area contributed by atoms with E-state index in [0.29, 0.717) is 17.3 Å². The van der Waals surface area contributed by atoms with Crippen molar-refractivity contribution in [1.82, 2.24) is 19.4 Å². The SMILES string of the molecule is Cc1cn([C@H]2CN(Cc3ccccc3)CC[C@H]2C)c2c(cnc3[nH]ccc32)c1=O. The Morgan fingerprint density at radius 3 is 2.83 bits per heavy atom. The molecule has 4 heterocycles. The number of piperidine rings is 1. The van der Waals surface area contributed by atoms with Crippen LogP contribution in [0.15, 0.2) is 59.8 Å². The zero-order valence-electron chi connectivity index (χ0n) is 16.9. The van der Waals surface area contributed by atoms with Crippen LogP contribution in [0.4, 0.5) is 0 Å². The largest absolute Gasteiger partial charge is 0.346 e. The van der Waals surface area contributed by atoms with E-state index in [4.69, 9.17) is 0 Å². The second-order valence-corrected chi connectivity index (χ2v) is 8.36. The van der Waals surface area contributed by atoms with Crippen molar-refractivity contribution in [3.8, 4) is 0 Å². The second kappa shape index (κ2) is 7.16. The maximum absolute atomic E-state index is 12.8. The lowest BCUT2D eigenvalue weighted by molar-refractivity contribution is 0.128. The number of aromatic amines is 1. The second-order valence-electron chi connectivity index (χ2n) is 8.36. The normalized spacial score (nSPS) is 20.5. The number of hydrogen-bond acceptors (Lipinski definition) is 3. The molecule has 1 aromatic carbocycles. The van der Waals surface area contributed by atoms with Crippen molar-refractivity contribution in [2.75, 3.05) is 13.1 Å². The van der Waals surface area contributed by atoms with Gasteiger partial charge in [-0.2, -0.15) is 0 Å². The van der Waals surface area contributed by atoms with Crippen molar-refractivity contribution in [3.63, 3.8) is 0 Å². The molecule has 5 nitrogen and oxygen atoms in total. The number of rotatable bonds is 3. The van der Waals surface area contributed by atoms with Gasteiger partial charge in [0.2, 0.25) is 0 Å². The Bertz CT molecular complexity index is 1220. The average molecular weight is 386 g/mol. The van der Waals surface area contributed by atoms with Gasteiger partial charge in [0.1, 0.15) is 5.65 Å². The number of fused-ring (bicyclic) bond motifs is 3. The molecule has 29 heavy (non-hydrogen) atoms. The summed E-state index contributed by atoms with van der Waals surface area (Å²) in [6.45, 7) is 7.28. The third kappa shape index (κ3) is 3.15. The monoisotopic (exact) mass is 386 g/mol. The van der Waals surface area contributed by atoms with Crippen LogP contribution in [0.25, 0.3) is 21.9 Å². The van der Waals surface area contributed by atoms with Crippen LogP contribution in [0.5, 0.6) is 0 Å². The highest BCUT2D eigenvalue weighted by Crippen LogP contribution is 2.33. The number of benzene rings is 1. The summed E-state index contributed by atoms with van der Waals surface area (Å²) in [7, 11) is 0. The summed E-state index contributed by atoms with van der Waals surface area (Å²) in [5.74, 6) is 0.536. The summed E-state index contributed by atoms with van der Waals surface area (Å²) in [6, 6.07) is 13.0. The minimum Gasteiger partial charge on any atom is -0.346 e. The van der Waals surface area contributed by atoms with Crippen molar-refractivity contribution < 1.29 is 0 Å². The van der Waals surface area contributed by atoms with Crippen LogP contribution < -0.4 is 5.43 Å². The van der Waals surface area contributed by atoms with Crippen LogP contribution >= 0.6 is 0 Å². The Balaban J connectivity index is 1.61. The molecule has 0 unspecified atom stereocenters. The van der Waals surface area contributed by atoms with Gasteiger partial charge in [-0.1, -0.05) is 37.3 Å². The van der Waals surface area contributed by atoms with Gasteiger partial charge in [0.05, 0.1) is 10.9 Å². The van der Waals surface area contributed by atoms with E-state index in [0.717, 1.165) is 48.2 Å². The molecule has 2 atom stereocenters. The molecule has 4 aromatic rings. The van der Waals surface area contributed by atoms with E-state index < -0.39 is 0 Å². The lowest BCUT2D eigenvalue weighted by Crippen LogP contribution is -2.40. The van der Waals surface area contributed by atoms with E-state index in [1.165, 1.54) is 5.56 Å². The summed E-state index contributed by atoms with van der Waals surface area (Å²) >= 11 is 0. The summed E-state index contributed by atoms with van der Waals surface area (Å²) in [5, 5.41) is 1.73. The minimum atomic E-state index is 0.0801. The van der Waals surface area contributed by atoms with Crippen LogP contribution in [-0.4, -0.2) is 32.5 Å². The molecular formula is C24H26N4O. The van der Waals surface area contributed by atoms with E-state index in [2.05, 4.69) is 62.9 Å². The summed E-state index contributed by atoms with van der Waals surface area (Å²) in [5.41, 5.74) is 4.04. The first-order chi connectivity index (χ1) is 14.1. The highest BCUT2D eigenvalue weighted by atomic mass is 16.1. The van der Waals surface area contributed by atoms with Crippen molar-refractivity contribution in [3.05, 3.63) is 76.3 Å². The van der Waals surface area contributed by atoms with Gasteiger partial charge in [-0.15, -0.1) is 0 Å². The molecule has 0 bridgehead atoms. The van der Waals surface area contributed by atoms with Gasteiger partial charge in [-0.25, -0.2) is 4.98 Å². The molecule has 148 valence electrons. The fraction of sp³-hybridized carbons (Fsp3) is 0.333. The molecule has 1 aliphatic rings. The van der Waals surface area contributed by atoms with E-state index in [1.54, 1.807) is 6.20 Å². The summed E-state index contributed by atoms with van der Waals surface area (Å²) in [6.07, 6.45) is 6.84. The van der Waals surface area contributed by atoms with E-state index >= 15 is 0 Å². The molecule has 0 aliphatic carbocycles. The Labute approximate surface area is 170 Å². The van der Waals surface area contributed by atoms with Crippen molar-refractivity contribution in [1.29, 1.82) is 0 Å². The van der Waals surface area contributed by atoms with Crippen molar-refractivity contribution in [2.24, 2.45) is 5.92 Å². The number of nitrogens with zero attached hydrogens (tertiary/aromatic N) is 3. The average Bonchev–Trinajstić information content (AvgIpc) is 3.22. The Morgan fingerprint density at radius 2 is 2.00 bits per heavy atom. The highest BCUT2D eigenvalue weighted by Gasteiger charge is 2.29. The van der Waals surface area contributed by atoms with Crippen molar-refractivity contribution >= 4 is 21.9 Å². The fourth-order valence-electron chi connectivity index (χ4n) is 4.71. The highest BCUT2D eigenvalue weighted by molar-refractivity contribution is 6.02. The number of aryl methyl sites for hydroxylation is 1. The molecule has 1 N–H and O–H groups in total. The van der Waals surface area contributed by atoms with E-state index in [9.17, 15) is 4.79 Å². The van der Waals surface area contributed by atoms with Gasteiger partial charge in [0, 0.05) is 48.7 Å². The van der Waals surface area contributed by atoms with Gasteiger partial charge < -0.3 is 9.55 Å². The summed E-state index contributed by atoms with van der Waals surface area (Å²) < 4.78 is 2.35. The topological polar surface area (TPSA) is 53.9 Å². The lowest BCUT2D eigenvalue weighted by atomic mass is 9.92. The fourth-order valence-corrected chi connectivity index (χ4v) is 4.71. The van der Waals surface area contributed by atoms with Crippen LogP contribution in [0.2, 0.25) is 0 Å². The van der Waals surface area contributed by atoms with Crippen molar-refractivity contribution in [2.45, 2.75) is 32.9 Å². The number of pyridine rings is 2. The van der Waals surface area contributed by atoms with Gasteiger partial charge in [-0.3, -0.25) is 9.69 Å². The Hall–Kier alpha value is -2.92. The lowest BCUT2D eigenvalue weighted by Gasteiger charge is -2.39. The van der Waals surface area contributed by atoms with Gasteiger partial charge in [0.25, 0.3) is 0 Å². The number of aromatic nitrogens is 3. The molecule has 5 heteroatoms. The molecule has 1 fully saturated rings. The molecular weight excluding hydrogens is 360 g/mol. The molecule has 5 rings (SSSR count). The number of likely N-dealkylation sites (tertiary alicyclic amines) is 1. The zero-order chi connectivity index (χ0) is 20.0. The van der Waals surface area contributed by atoms with Crippen LogP contribution in [0, 0.1) is 12.8 Å². The zero-order valence-corrected chi connectivity index (χ0v) is 16.9. The van der Waals surface area contributed by atoms with Gasteiger partial charge in [0.15, 0.2) is 5.43 Å². The first-order valence-electron chi connectivity index (χ1n) is 10.4. The number of nitrogens with one attached hydrogen (secondary N) is 1. The van der Waals surface area contributed by atoms with Gasteiger partial charge in [-0.05, 0) is 37.4 Å². The quantitative estimate of drug-likeness (QED) is 0.572. The van der Waals surface area contributed by atoms with Crippen LogP contribution in [0.1, 0.15) is 30.5 Å². The molecule has 0 saturated carbocycles. The molecule has 0 radical (unpaired) electrons. The third-order valence-electron chi connectivity index (χ3n) is 6.36. The molecule has 0 spiro atoms. The first kappa shape index (κ1) is 18.1. The van der Waals surface area contributed by atoms with E-state index in [-0.39, 0.29) is 5.43 Å². The molecule has 1 aliphatic heterocycles. The Morgan fingerprint density at radius 1 is 1.17 bits per heavy atom. The maximum Gasteiger partial charge on any atom is 0.193 e. The van der Waals surface area contributed by atoms with E-state index in [1.807, 2.05) is 19.2 Å². The van der Waals surface area contributed by atoms with Crippen LogP contribution in [-0.2, 0) is 6.54 Å². The standard InChI is InChI=1S/C24H26N4O/c1-16-9-11-27(14-18-6-4-3-5-7-18)15-21(16)28-13-17(2)23(29)20-12-26-24-19(22(20)28)8-10-25-24/h3-8,10,12-13,16,21H,9,11,14-15H2,1-2H3,(H,25,26)/t16-,21+/m1/s1. The number of hydrogen-bond donors (Lipinski definition) is 1. The minimum absolute atomic E-state index is 0.0801. The smallest absolute Gasteiger partial charge is 0.193 e. The molecule has 0 amide bonds. The first-order valence-corrected chi connectivity index (χ1v) is 10.4. The predicted octanol–water partition coefficient (Wildman–Crippen LogP) is 4.27. The number of H-pyrrole nitrogens is 1. The molecule has 1 saturated heterocycles. The maximum atomic E-state index is 12.8. The third-order valence-corrected chi connectivity index (χ3v) is 6.36. The molecule has 3 aromatic heterocycles. The van der Waals surface area contributed by atoms with Crippen LogP contribution in [0.3, 0.4) is 0 Å². The summed E-state index contributed by atoms with van der Waals surface area (Å²) in [4.78, 5) is 23.0.